The zero-order valence-corrected chi connectivity index (χ0v) is 5.77. The molecular formula is CH4AuN3S. The van der Waals surface area contributed by atoms with E-state index in [2.05, 4.69) is 21.5 Å². The molecule has 0 radical (unpaired) electrons. The van der Waals surface area contributed by atoms with Crippen LogP contribution in [0.15, 0.2) is 0 Å². The molecule has 0 spiro atoms. The minimum absolute atomic E-state index is 0.248. The fourth-order valence-electron chi connectivity index (χ4n) is 0.0371. The van der Waals surface area contributed by atoms with Crippen LogP contribution in [0.2, 0.25) is 0 Å². The Hall–Kier alpha value is 0.390. The molecule has 0 aliphatic carbocycles. The molecule has 0 heterocycles. The van der Waals surface area contributed by atoms with Crippen LogP contribution in [0.5, 0.6) is 0 Å². The molecule has 0 unspecified atom stereocenters. The van der Waals surface area contributed by atoms with Crippen molar-refractivity contribution in [3.05, 3.63) is 0 Å². The number of nitrogens with one attached hydrogen (secondary N) is 2. The van der Waals surface area contributed by atoms with Crippen molar-refractivity contribution in [2.75, 3.05) is 0 Å². The normalized spacial score (nSPS) is 7.67. The summed E-state index contributed by atoms with van der Waals surface area (Å²) in [5.74, 6) is 0. The summed E-state index contributed by atoms with van der Waals surface area (Å²) in [5, 5.41) is 0.248. The average Bonchev–Trinajstić information content (AvgIpc) is 1.35. The van der Waals surface area contributed by atoms with Gasteiger partial charge in [0.25, 0.3) is 0 Å². The van der Waals surface area contributed by atoms with E-state index in [0.717, 1.165) is 0 Å². The molecule has 4 N–H and O–H groups in total. The molecule has 0 amide bonds. The molecule has 0 bridgehead atoms. The van der Waals surface area contributed by atoms with Gasteiger partial charge in [0.2, 0.25) is 0 Å². The third kappa shape index (κ3) is 4.39. The summed E-state index contributed by atoms with van der Waals surface area (Å²) >= 11 is 6.42. The number of hydrazine groups is 1. The SMILES string of the molecule is NC(=S)N[NH][Au]. The summed E-state index contributed by atoms with van der Waals surface area (Å²) in [5.41, 5.74) is 7.39. The quantitative estimate of drug-likeness (QED) is 0.322. The predicted octanol–water partition coefficient (Wildman–Crippen LogP) is -1.21. The number of thiocarbonyl (C=S) groups is 1. The minimum atomic E-state index is 0.248. The Labute approximate surface area is 53.9 Å². The van der Waals surface area contributed by atoms with Crippen LogP contribution in [0.4, 0.5) is 0 Å². The molecule has 0 aliphatic rings. The standard InChI is InChI=1S/CH4N3S.Au/c2-1(5)4-3;/h3H,(H3,2,4,5);/q-1;+1. The molecule has 0 aromatic heterocycles. The topological polar surface area (TPSA) is 50.1 Å². The molecule has 5 heteroatoms. The van der Waals surface area contributed by atoms with E-state index in [-0.39, 0.29) is 5.11 Å². The second kappa shape index (κ2) is 3.58. The third-order valence-electron chi connectivity index (χ3n) is 0.161. The van der Waals surface area contributed by atoms with Gasteiger partial charge in [0.15, 0.2) is 0 Å². The Morgan fingerprint density at radius 3 is 2.33 bits per heavy atom. The summed E-state index contributed by atoms with van der Waals surface area (Å²) < 4.78 is 2.50. The third-order valence-corrected chi connectivity index (χ3v) is 0.534. The van der Waals surface area contributed by atoms with Gasteiger partial charge >= 0.3 is 53.6 Å². The van der Waals surface area contributed by atoms with Crippen molar-refractivity contribution < 1.29 is 21.3 Å². The fraction of sp³-hybridized carbons (Fsp3) is 0. The van der Waals surface area contributed by atoms with Crippen molar-refractivity contribution in [3.63, 3.8) is 0 Å². The molecule has 0 aromatic rings. The average molecular weight is 287 g/mol. The van der Waals surface area contributed by atoms with Crippen molar-refractivity contribution in [2.24, 2.45) is 5.73 Å². The van der Waals surface area contributed by atoms with Crippen LogP contribution < -0.4 is 15.0 Å². The van der Waals surface area contributed by atoms with Gasteiger partial charge in [0, 0.05) is 0 Å². The molecule has 40 valence electrons. The summed E-state index contributed by atoms with van der Waals surface area (Å²) in [7, 11) is 0. The Morgan fingerprint density at radius 1 is 1.83 bits per heavy atom. The maximum absolute atomic E-state index is 4.95. The van der Waals surface area contributed by atoms with E-state index in [4.69, 9.17) is 5.73 Å². The first-order chi connectivity index (χ1) is 2.77. The molecule has 6 heavy (non-hydrogen) atoms. The van der Waals surface area contributed by atoms with Crippen LogP contribution in [0, 0.1) is 0 Å². The van der Waals surface area contributed by atoms with Gasteiger partial charge < -0.3 is 0 Å². The van der Waals surface area contributed by atoms with E-state index in [9.17, 15) is 0 Å². The van der Waals surface area contributed by atoms with Crippen molar-refractivity contribution in [1.29, 1.82) is 0 Å². The van der Waals surface area contributed by atoms with Gasteiger partial charge in [-0.25, -0.2) is 0 Å². The van der Waals surface area contributed by atoms with Gasteiger partial charge in [-0.2, -0.15) is 0 Å². The number of hydrogen-bond acceptors (Lipinski definition) is 2. The zero-order chi connectivity index (χ0) is 4.99. The predicted molar refractivity (Wildman–Crippen MR) is 23.1 cm³/mol. The van der Waals surface area contributed by atoms with E-state index in [0.29, 0.717) is 0 Å². The van der Waals surface area contributed by atoms with Gasteiger partial charge in [-0.15, -0.1) is 0 Å². The van der Waals surface area contributed by atoms with Gasteiger partial charge in [-0.1, -0.05) is 0 Å². The summed E-state index contributed by atoms with van der Waals surface area (Å²) in [6, 6.07) is 0. The van der Waals surface area contributed by atoms with Crippen molar-refractivity contribution in [2.45, 2.75) is 0 Å². The molecule has 0 saturated heterocycles. The van der Waals surface area contributed by atoms with Crippen molar-refractivity contribution in [1.82, 2.24) is 9.26 Å². The number of rotatable bonds is 1. The van der Waals surface area contributed by atoms with E-state index in [1.165, 1.54) is 0 Å². The number of nitrogens with two attached hydrogens (primary N) is 1. The first-order valence-corrected chi connectivity index (χ1v) is 2.64. The van der Waals surface area contributed by atoms with Crippen molar-refractivity contribution >= 4 is 17.3 Å². The second-order valence-electron chi connectivity index (χ2n) is 0.565. The molecule has 0 fully saturated rings. The first-order valence-electron chi connectivity index (χ1n) is 1.14. The van der Waals surface area contributed by atoms with Crippen LogP contribution in [0.1, 0.15) is 0 Å². The molecule has 3 nitrogen and oxygen atoms in total. The maximum atomic E-state index is 4.95. The van der Waals surface area contributed by atoms with E-state index >= 15 is 0 Å². The fourth-order valence-corrected chi connectivity index (χ4v) is 0.556. The summed E-state index contributed by atoms with van der Waals surface area (Å²) in [6.45, 7) is 0. The van der Waals surface area contributed by atoms with Gasteiger partial charge in [-0.3, -0.25) is 0 Å². The molecule has 0 rings (SSSR count). The Morgan fingerprint density at radius 2 is 2.33 bits per heavy atom. The first kappa shape index (κ1) is 6.39. The Kier molecular flexibility index (Phi) is 3.81. The summed E-state index contributed by atoms with van der Waals surface area (Å²) in [6.07, 6.45) is 0. The van der Waals surface area contributed by atoms with E-state index < -0.39 is 0 Å². The van der Waals surface area contributed by atoms with Gasteiger partial charge in [-0.05, 0) is 0 Å². The van der Waals surface area contributed by atoms with E-state index in [1.54, 1.807) is 0 Å². The van der Waals surface area contributed by atoms with E-state index in [1.807, 2.05) is 21.3 Å². The molecule has 0 aromatic carbocycles. The van der Waals surface area contributed by atoms with Crippen LogP contribution in [0.3, 0.4) is 0 Å². The van der Waals surface area contributed by atoms with Crippen LogP contribution in [0.25, 0.3) is 0 Å². The number of hydrogen-bond donors (Lipinski definition) is 3. The summed E-state index contributed by atoms with van der Waals surface area (Å²) in [4.78, 5) is 0. The molecule has 0 atom stereocenters. The zero-order valence-electron chi connectivity index (χ0n) is 2.79. The monoisotopic (exact) mass is 287 g/mol. The van der Waals surface area contributed by atoms with Gasteiger partial charge in [0.1, 0.15) is 0 Å². The van der Waals surface area contributed by atoms with Crippen molar-refractivity contribution in [3.8, 4) is 0 Å². The second-order valence-corrected chi connectivity index (χ2v) is 1.55. The van der Waals surface area contributed by atoms with Gasteiger partial charge in [0.05, 0.1) is 0 Å². The molecule has 0 aliphatic heterocycles. The van der Waals surface area contributed by atoms with Crippen LogP contribution >= 0.6 is 12.2 Å². The Bertz CT molecular complexity index is 54.8. The van der Waals surface area contributed by atoms with Crippen LogP contribution in [-0.4, -0.2) is 5.11 Å². The van der Waals surface area contributed by atoms with Crippen LogP contribution in [-0.2, 0) is 21.3 Å². The molecular weight excluding hydrogens is 283 g/mol. The molecule has 0 saturated carbocycles. The Balaban J connectivity index is 2.83.